The Morgan fingerprint density at radius 3 is 2.72 bits per heavy atom. The maximum atomic E-state index is 14.2. The first-order chi connectivity index (χ1) is 11.9. The van der Waals surface area contributed by atoms with Crippen molar-refractivity contribution in [2.45, 2.75) is 31.5 Å². The maximum Gasteiger partial charge on any atom is 0.351 e. The molecule has 0 aliphatic carbocycles. The van der Waals surface area contributed by atoms with E-state index in [4.69, 9.17) is 4.74 Å². The van der Waals surface area contributed by atoms with Crippen LogP contribution in [0.3, 0.4) is 0 Å². The van der Waals surface area contributed by atoms with Crippen LogP contribution >= 0.6 is 0 Å². The highest BCUT2D eigenvalue weighted by Crippen LogP contribution is 2.28. The summed E-state index contributed by atoms with van der Waals surface area (Å²) in [6, 6.07) is 4.61. The second-order valence-corrected chi connectivity index (χ2v) is 5.51. The Balaban J connectivity index is 1.86. The molecular formula is C15H15FN4O5. The lowest BCUT2D eigenvalue weighted by Crippen LogP contribution is -2.36. The Bertz CT molecular complexity index is 844. The lowest BCUT2D eigenvalue weighted by atomic mass is 10.1. The van der Waals surface area contributed by atoms with Gasteiger partial charge in [0, 0.05) is 6.20 Å². The number of aliphatic hydroxyl groups excluding tert-OH is 2. The third-order valence-corrected chi connectivity index (χ3v) is 3.79. The largest absolute Gasteiger partial charge is 0.388 e. The number of carbonyl (C=O) groups excluding carboxylic acids is 1. The number of nitrogens with zero attached hydrogens (tertiary/aromatic N) is 3. The fourth-order valence-electron chi connectivity index (χ4n) is 2.44. The van der Waals surface area contributed by atoms with Gasteiger partial charge >= 0.3 is 5.69 Å². The molecular weight excluding hydrogens is 335 g/mol. The van der Waals surface area contributed by atoms with Crippen molar-refractivity contribution in [3.63, 3.8) is 0 Å². The number of hydrogen-bond donors (Lipinski definition) is 3. The first-order valence-electron chi connectivity index (χ1n) is 7.41. The van der Waals surface area contributed by atoms with Crippen molar-refractivity contribution in [3.8, 4) is 0 Å². The van der Waals surface area contributed by atoms with Crippen LogP contribution < -0.4 is 11.0 Å². The van der Waals surface area contributed by atoms with Crippen LogP contribution in [0.2, 0.25) is 0 Å². The molecule has 1 saturated heterocycles. The van der Waals surface area contributed by atoms with Gasteiger partial charge in [-0.25, -0.2) is 9.18 Å². The summed E-state index contributed by atoms with van der Waals surface area (Å²) in [6.07, 6.45) is -2.51. The molecule has 0 unspecified atom stereocenters. The molecule has 132 valence electrons. The van der Waals surface area contributed by atoms with E-state index in [1.54, 1.807) is 12.1 Å². The summed E-state index contributed by atoms with van der Waals surface area (Å²) in [6.45, 7) is 1.50. The number of aliphatic hydroxyl groups is 2. The fraction of sp³-hybridized carbons (Fsp3) is 0.333. The van der Waals surface area contributed by atoms with Crippen LogP contribution in [0.5, 0.6) is 0 Å². The molecule has 0 saturated carbocycles. The van der Waals surface area contributed by atoms with Crippen molar-refractivity contribution in [2.75, 3.05) is 5.32 Å². The minimum atomic E-state index is -1.41. The van der Waals surface area contributed by atoms with Crippen molar-refractivity contribution in [1.82, 2.24) is 14.5 Å². The molecule has 3 heterocycles. The number of halogens is 1. The number of nitrogens with one attached hydrogen (secondary N) is 1. The predicted molar refractivity (Wildman–Crippen MR) is 82.2 cm³/mol. The van der Waals surface area contributed by atoms with Crippen molar-refractivity contribution in [1.29, 1.82) is 0 Å². The maximum absolute atomic E-state index is 14.2. The average Bonchev–Trinajstić information content (AvgIpc) is 2.86. The highest BCUT2D eigenvalue weighted by molar-refractivity contribution is 6.02. The van der Waals surface area contributed by atoms with Gasteiger partial charge in [0.15, 0.2) is 17.9 Å². The lowest BCUT2D eigenvalue weighted by molar-refractivity contribution is -0.0355. The van der Waals surface area contributed by atoms with E-state index in [9.17, 15) is 24.2 Å². The number of pyridine rings is 1. The summed E-state index contributed by atoms with van der Waals surface area (Å²) in [7, 11) is 0. The molecule has 25 heavy (non-hydrogen) atoms. The molecule has 1 amide bonds. The molecule has 1 aliphatic heterocycles. The van der Waals surface area contributed by atoms with Gasteiger partial charge < -0.3 is 20.3 Å². The molecule has 0 aromatic carbocycles. The zero-order valence-electron chi connectivity index (χ0n) is 13.0. The van der Waals surface area contributed by atoms with Gasteiger partial charge in [-0.05, 0) is 19.1 Å². The molecule has 9 nitrogen and oxygen atoms in total. The van der Waals surface area contributed by atoms with Crippen LogP contribution in [0.1, 0.15) is 23.6 Å². The van der Waals surface area contributed by atoms with E-state index < -0.39 is 47.8 Å². The van der Waals surface area contributed by atoms with Gasteiger partial charge in [0.25, 0.3) is 5.91 Å². The monoisotopic (exact) mass is 350 g/mol. The molecule has 2 aromatic rings. The molecule has 4 atom stereocenters. The van der Waals surface area contributed by atoms with Gasteiger partial charge in [0.2, 0.25) is 0 Å². The zero-order valence-corrected chi connectivity index (χ0v) is 13.0. The van der Waals surface area contributed by atoms with E-state index in [1.165, 1.54) is 19.2 Å². The summed E-state index contributed by atoms with van der Waals surface area (Å²) in [5.74, 6) is -2.31. The summed E-state index contributed by atoms with van der Waals surface area (Å²) in [5, 5.41) is 21.7. The number of amides is 1. The van der Waals surface area contributed by atoms with Crippen LogP contribution in [-0.2, 0) is 4.74 Å². The second-order valence-electron chi connectivity index (χ2n) is 5.51. The van der Waals surface area contributed by atoms with Gasteiger partial charge in [-0.2, -0.15) is 4.98 Å². The van der Waals surface area contributed by atoms with Gasteiger partial charge in [0.05, 0.1) is 12.3 Å². The van der Waals surface area contributed by atoms with Crippen LogP contribution in [0.4, 0.5) is 10.2 Å². The molecule has 0 radical (unpaired) electrons. The minimum Gasteiger partial charge on any atom is -0.388 e. The number of carbonyl (C=O) groups is 1. The van der Waals surface area contributed by atoms with Crippen LogP contribution in [0.15, 0.2) is 35.4 Å². The highest BCUT2D eigenvalue weighted by atomic mass is 19.1. The number of aromatic nitrogens is 3. The van der Waals surface area contributed by atoms with Crippen molar-refractivity contribution in [2.24, 2.45) is 0 Å². The van der Waals surface area contributed by atoms with Gasteiger partial charge in [-0.3, -0.25) is 14.3 Å². The average molecular weight is 350 g/mol. The van der Waals surface area contributed by atoms with E-state index in [1.807, 2.05) is 0 Å². The van der Waals surface area contributed by atoms with Crippen molar-refractivity contribution >= 4 is 11.7 Å². The zero-order chi connectivity index (χ0) is 18.1. The smallest absolute Gasteiger partial charge is 0.351 e. The van der Waals surface area contributed by atoms with Crippen LogP contribution in [0.25, 0.3) is 0 Å². The quantitative estimate of drug-likeness (QED) is 0.692. The fourth-order valence-corrected chi connectivity index (χ4v) is 2.44. The Kier molecular flexibility index (Phi) is 4.57. The van der Waals surface area contributed by atoms with E-state index in [0.29, 0.717) is 0 Å². The van der Waals surface area contributed by atoms with E-state index in [0.717, 1.165) is 10.8 Å². The standard InChI is InChI=1S/C15H15FN4O5/c1-7-10(21)11(22)14(25-7)20-6-8(16)12(19-15(20)24)18-13(23)9-4-2-3-5-17-9/h2-7,10-11,14,21-22H,1H3,(H,18,19,23,24)/t7-,10-,11-,14-/m1/s1. The number of anilines is 1. The summed E-state index contributed by atoms with van der Waals surface area (Å²) in [5.41, 5.74) is -0.928. The van der Waals surface area contributed by atoms with Crippen LogP contribution in [-0.4, -0.2) is 49.0 Å². The number of rotatable bonds is 3. The van der Waals surface area contributed by atoms with E-state index >= 15 is 0 Å². The van der Waals surface area contributed by atoms with Gasteiger partial charge in [-0.15, -0.1) is 0 Å². The molecule has 0 bridgehead atoms. The van der Waals surface area contributed by atoms with Crippen LogP contribution in [0, 0.1) is 5.82 Å². The summed E-state index contributed by atoms with van der Waals surface area (Å²) >= 11 is 0. The molecule has 3 N–H and O–H groups in total. The molecule has 0 spiro atoms. The van der Waals surface area contributed by atoms with E-state index in [2.05, 4.69) is 15.3 Å². The first-order valence-corrected chi connectivity index (χ1v) is 7.41. The second kappa shape index (κ2) is 6.67. The Morgan fingerprint density at radius 1 is 1.36 bits per heavy atom. The van der Waals surface area contributed by atoms with Gasteiger partial charge in [0.1, 0.15) is 17.9 Å². The van der Waals surface area contributed by atoms with E-state index in [-0.39, 0.29) is 5.69 Å². The summed E-state index contributed by atoms with van der Waals surface area (Å²) in [4.78, 5) is 31.3. The normalized spacial score (nSPS) is 25.8. The lowest BCUT2D eigenvalue weighted by Gasteiger charge is -2.17. The Hall–Kier alpha value is -2.69. The predicted octanol–water partition coefficient (Wildman–Crippen LogP) is -0.331. The molecule has 10 heteroatoms. The topological polar surface area (TPSA) is 127 Å². The number of ether oxygens (including phenoxy) is 1. The third-order valence-electron chi connectivity index (χ3n) is 3.79. The Morgan fingerprint density at radius 2 is 2.12 bits per heavy atom. The first kappa shape index (κ1) is 17.1. The van der Waals surface area contributed by atoms with Crippen molar-refractivity contribution in [3.05, 3.63) is 52.6 Å². The van der Waals surface area contributed by atoms with Crippen molar-refractivity contribution < 1.29 is 24.1 Å². The Labute approximate surface area is 140 Å². The minimum absolute atomic E-state index is 0.0272. The molecule has 2 aromatic heterocycles. The molecule has 1 fully saturated rings. The molecule has 1 aliphatic rings. The molecule has 3 rings (SSSR count). The summed E-state index contributed by atoms with van der Waals surface area (Å²) < 4.78 is 20.2. The highest BCUT2D eigenvalue weighted by Gasteiger charge is 2.42. The van der Waals surface area contributed by atoms with Gasteiger partial charge in [-0.1, -0.05) is 6.07 Å². The third kappa shape index (κ3) is 3.27. The SMILES string of the molecule is C[C@H]1O[C@@H](n2cc(F)c(NC(=O)c3ccccn3)nc2=O)[C@H](O)[C@@H]1O. The number of hydrogen-bond acceptors (Lipinski definition) is 7.